The summed E-state index contributed by atoms with van der Waals surface area (Å²) >= 11 is 6.20. The van der Waals surface area contributed by atoms with Crippen LogP contribution in [0.15, 0.2) is 18.2 Å². The van der Waals surface area contributed by atoms with Crippen LogP contribution in [-0.4, -0.2) is 6.04 Å². The summed E-state index contributed by atoms with van der Waals surface area (Å²) < 4.78 is 0. The molecule has 0 heterocycles. The lowest BCUT2D eigenvalue weighted by Crippen LogP contribution is -2.34. The SMILES string of the molecule is Cc1ccc(CCCC(N)C(C)(C)C)c(Cl)c1. The number of benzene rings is 1. The van der Waals surface area contributed by atoms with E-state index in [2.05, 4.69) is 39.8 Å². The van der Waals surface area contributed by atoms with Crippen molar-refractivity contribution < 1.29 is 0 Å². The van der Waals surface area contributed by atoms with Crippen molar-refractivity contribution in [2.75, 3.05) is 0 Å². The average Bonchev–Trinajstić information content (AvgIpc) is 2.19. The van der Waals surface area contributed by atoms with Crippen molar-refractivity contribution in [2.45, 2.75) is 53.0 Å². The van der Waals surface area contributed by atoms with Crippen LogP contribution in [-0.2, 0) is 6.42 Å². The molecule has 0 saturated heterocycles. The molecular formula is C15H24ClN. The van der Waals surface area contributed by atoms with Gasteiger partial charge in [0.2, 0.25) is 0 Å². The molecule has 17 heavy (non-hydrogen) atoms. The van der Waals surface area contributed by atoms with Gasteiger partial charge in [0.25, 0.3) is 0 Å². The number of rotatable bonds is 4. The summed E-state index contributed by atoms with van der Waals surface area (Å²) in [7, 11) is 0. The fourth-order valence-corrected chi connectivity index (χ4v) is 2.13. The van der Waals surface area contributed by atoms with E-state index in [9.17, 15) is 0 Å². The van der Waals surface area contributed by atoms with Crippen molar-refractivity contribution in [1.29, 1.82) is 0 Å². The van der Waals surface area contributed by atoms with E-state index in [-0.39, 0.29) is 11.5 Å². The smallest absolute Gasteiger partial charge is 0.0440 e. The first-order valence-electron chi connectivity index (χ1n) is 6.31. The van der Waals surface area contributed by atoms with Crippen molar-refractivity contribution in [3.63, 3.8) is 0 Å². The zero-order chi connectivity index (χ0) is 13.1. The number of aryl methyl sites for hydroxylation is 2. The molecule has 96 valence electrons. The zero-order valence-electron chi connectivity index (χ0n) is 11.4. The molecule has 1 atom stereocenters. The quantitative estimate of drug-likeness (QED) is 0.849. The number of nitrogens with two attached hydrogens (primary N) is 1. The molecule has 1 aromatic rings. The minimum atomic E-state index is 0.192. The first kappa shape index (κ1) is 14.5. The van der Waals surface area contributed by atoms with Gasteiger partial charge < -0.3 is 5.73 Å². The molecule has 0 aliphatic carbocycles. The maximum atomic E-state index is 6.20. The van der Waals surface area contributed by atoms with Crippen LogP contribution in [0.5, 0.6) is 0 Å². The van der Waals surface area contributed by atoms with Gasteiger partial charge in [0.05, 0.1) is 0 Å². The molecule has 1 rings (SSSR count). The summed E-state index contributed by atoms with van der Waals surface area (Å²) in [5, 5.41) is 0.884. The predicted octanol–water partition coefficient (Wildman–Crippen LogP) is 4.34. The second-order valence-corrected chi connectivity index (χ2v) is 6.37. The van der Waals surface area contributed by atoms with E-state index in [1.807, 2.05) is 6.07 Å². The molecule has 2 heteroatoms. The van der Waals surface area contributed by atoms with Crippen LogP contribution in [0, 0.1) is 12.3 Å². The molecule has 0 aliphatic heterocycles. The Kier molecular flexibility index (Phi) is 5.03. The van der Waals surface area contributed by atoms with Gasteiger partial charge in [-0.15, -0.1) is 0 Å². The molecule has 0 spiro atoms. The van der Waals surface area contributed by atoms with Crippen LogP contribution >= 0.6 is 11.6 Å². The van der Waals surface area contributed by atoms with E-state index >= 15 is 0 Å². The first-order chi connectivity index (χ1) is 7.80. The summed E-state index contributed by atoms with van der Waals surface area (Å²) in [6, 6.07) is 6.53. The predicted molar refractivity (Wildman–Crippen MR) is 76.6 cm³/mol. The van der Waals surface area contributed by atoms with Crippen LogP contribution in [0.1, 0.15) is 44.7 Å². The van der Waals surface area contributed by atoms with Gasteiger partial charge in [-0.1, -0.05) is 44.5 Å². The molecule has 0 bridgehead atoms. The van der Waals surface area contributed by atoms with Crippen molar-refractivity contribution in [3.8, 4) is 0 Å². The highest BCUT2D eigenvalue weighted by atomic mass is 35.5. The molecule has 2 N–H and O–H groups in total. The fraction of sp³-hybridized carbons (Fsp3) is 0.600. The molecule has 1 nitrogen and oxygen atoms in total. The van der Waals surface area contributed by atoms with E-state index in [1.54, 1.807) is 0 Å². The maximum Gasteiger partial charge on any atom is 0.0440 e. The van der Waals surface area contributed by atoms with E-state index in [4.69, 9.17) is 17.3 Å². The second-order valence-electron chi connectivity index (χ2n) is 5.96. The molecule has 0 radical (unpaired) electrons. The molecule has 1 unspecified atom stereocenters. The highest BCUT2D eigenvalue weighted by molar-refractivity contribution is 6.31. The Bertz CT molecular complexity index is 366. The summed E-state index contributed by atoms with van der Waals surface area (Å²) in [6.07, 6.45) is 3.16. The van der Waals surface area contributed by atoms with Gasteiger partial charge in [-0.25, -0.2) is 0 Å². The summed E-state index contributed by atoms with van der Waals surface area (Å²) in [6.45, 7) is 8.63. The highest BCUT2D eigenvalue weighted by Gasteiger charge is 2.19. The Balaban J connectivity index is 2.46. The monoisotopic (exact) mass is 253 g/mol. The second kappa shape index (κ2) is 5.88. The minimum absolute atomic E-state index is 0.192. The number of hydrogen-bond acceptors (Lipinski definition) is 1. The van der Waals surface area contributed by atoms with Crippen LogP contribution in [0.3, 0.4) is 0 Å². The highest BCUT2D eigenvalue weighted by Crippen LogP contribution is 2.23. The standard InChI is InChI=1S/C15H24ClN/c1-11-8-9-12(13(16)10-11)6-5-7-14(17)15(2,3)4/h8-10,14H,5-7,17H2,1-4H3. The molecule has 0 aliphatic rings. The molecule has 0 saturated carbocycles. The average molecular weight is 254 g/mol. The van der Waals surface area contributed by atoms with Crippen LogP contribution < -0.4 is 5.73 Å². The molecule has 0 amide bonds. The fourth-order valence-electron chi connectivity index (χ4n) is 1.80. The largest absolute Gasteiger partial charge is 0.327 e. The van der Waals surface area contributed by atoms with Crippen LogP contribution in [0.2, 0.25) is 5.02 Å². The van der Waals surface area contributed by atoms with Gasteiger partial charge in [0.15, 0.2) is 0 Å². The number of hydrogen-bond donors (Lipinski definition) is 1. The van der Waals surface area contributed by atoms with Gasteiger partial charge in [-0.3, -0.25) is 0 Å². The van der Waals surface area contributed by atoms with Gasteiger partial charge in [0, 0.05) is 11.1 Å². The Hall–Kier alpha value is -0.530. The third-order valence-corrected chi connectivity index (χ3v) is 3.63. The molecule has 0 aromatic heterocycles. The number of halogens is 1. The Morgan fingerprint density at radius 3 is 2.47 bits per heavy atom. The van der Waals surface area contributed by atoms with Crippen LogP contribution in [0.4, 0.5) is 0 Å². The normalized spacial score (nSPS) is 13.8. The van der Waals surface area contributed by atoms with Gasteiger partial charge >= 0.3 is 0 Å². The van der Waals surface area contributed by atoms with Crippen molar-refractivity contribution in [2.24, 2.45) is 11.1 Å². The minimum Gasteiger partial charge on any atom is -0.327 e. The summed E-state index contributed by atoms with van der Waals surface area (Å²) in [5.41, 5.74) is 8.78. The lowest BCUT2D eigenvalue weighted by Gasteiger charge is -2.27. The van der Waals surface area contributed by atoms with Gasteiger partial charge in [-0.2, -0.15) is 0 Å². The lowest BCUT2D eigenvalue weighted by molar-refractivity contribution is 0.301. The summed E-state index contributed by atoms with van der Waals surface area (Å²) in [4.78, 5) is 0. The van der Waals surface area contributed by atoms with Crippen LogP contribution in [0.25, 0.3) is 0 Å². The van der Waals surface area contributed by atoms with Gasteiger partial charge in [-0.05, 0) is 48.8 Å². The Morgan fingerprint density at radius 1 is 1.29 bits per heavy atom. The van der Waals surface area contributed by atoms with Gasteiger partial charge in [0.1, 0.15) is 0 Å². The zero-order valence-corrected chi connectivity index (χ0v) is 12.1. The van der Waals surface area contributed by atoms with E-state index in [0.717, 1.165) is 24.3 Å². The summed E-state index contributed by atoms with van der Waals surface area (Å²) in [5.74, 6) is 0. The Labute approximate surface area is 110 Å². The van der Waals surface area contributed by atoms with Crippen molar-refractivity contribution in [1.82, 2.24) is 0 Å². The van der Waals surface area contributed by atoms with E-state index < -0.39 is 0 Å². The van der Waals surface area contributed by atoms with E-state index in [0.29, 0.717) is 0 Å². The van der Waals surface area contributed by atoms with Crippen molar-refractivity contribution >= 4 is 11.6 Å². The molecule has 0 fully saturated rings. The first-order valence-corrected chi connectivity index (χ1v) is 6.69. The maximum absolute atomic E-state index is 6.20. The topological polar surface area (TPSA) is 26.0 Å². The molecular weight excluding hydrogens is 230 g/mol. The Morgan fingerprint density at radius 2 is 1.94 bits per heavy atom. The lowest BCUT2D eigenvalue weighted by atomic mass is 9.84. The van der Waals surface area contributed by atoms with Crippen molar-refractivity contribution in [3.05, 3.63) is 34.3 Å². The molecule has 1 aromatic carbocycles. The third kappa shape index (κ3) is 4.69. The third-order valence-electron chi connectivity index (χ3n) is 3.28. The van der Waals surface area contributed by atoms with E-state index in [1.165, 1.54) is 11.1 Å².